The van der Waals surface area contributed by atoms with E-state index >= 15 is 0 Å². The van der Waals surface area contributed by atoms with E-state index in [4.69, 9.17) is 4.52 Å². The number of nitrogens with one attached hydrogen (secondary N) is 1. The van der Waals surface area contributed by atoms with Crippen molar-refractivity contribution in [2.24, 2.45) is 0 Å². The van der Waals surface area contributed by atoms with E-state index in [1.165, 1.54) is 0 Å². The molecule has 0 saturated carbocycles. The van der Waals surface area contributed by atoms with Crippen LogP contribution in [-0.4, -0.2) is 31.0 Å². The molecule has 1 aliphatic rings. The molecule has 0 amide bonds. The number of aromatic nitrogens is 1. The molecule has 1 saturated heterocycles. The van der Waals surface area contributed by atoms with Crippen LogP contribution in [0.1, 0.15) is 24.3 Å². The van der Waals surface area contributed by atoms with E-state index in [9.17, 15) is 8.42 Å². The second-order valence-electron chi connectivity index (χ2n) is 5.42. The highest BCUT2D eigenvalue weighted by Gasteiger charge is 2.27. The number of benzene rings is 1. The van der Waals surface area contributed by atoms with Crippen molar-refractivity contribution in [2.45, 2.75) is 31.2 Å². The smallest absolute Gasteiger partial charge is 0.243 e. The number of nitrogens with zero attached hydrogens (tertiary/aromatic N) is 2. The Bertz CT molecular complexity index is 749. The second-order valence-corrected chi connectivity index (χ2v) is 7.36. The lowest BCUT2D eigenvalue weighted by molar-refractivity contribution is 0.391. The minimum Gasteiger partial charge on any atom is -0.379 e. The maximum absolute atomic E-state index is 12.5. The van der Waals surface area contributed by atoms with Crippen LogP contribution in [0.5, 0.6) is 0 Å². The van der Waals surface area contributed by atoms with Crippen molar-refractivity contribution in [2.75, 3.05) is 18.4 Å². The summed E-state index contributed by atoms with van der Waals surface area (Å²) >= 11 is 0. The molecule has 0 aliphatic carbocycles. The van der Waals surface area contributed by atoms with Gasteiger partial charge in [-0.05, 0) is 38.0 Å². The normalized spacial score (nSPS) is 16.0. The zero-order chi connectivity index (χ0) is 15.6. The van der Waals surface area contributed by atoms with E-state index in [1.807, 2.05) is 19.1 Å². The maximum Gasteiger partial charge on any atom is 0.243 e. The molecule has 2 aromatic rings. The Morgan fingerprint density at radius 2 is 2.05 bits per heavy atom. The van der Waals surface area contributed by atoms with Crippen molar-refractivity contribution in [1.82, 2.24) is 9.46 Å². The van der Waals surface area contributed by atoms with Crippen LogP contribution in [-0.2, 0) is 16.6 Å². The number of hydrogen-bond acceptors (Lipinski definition) is 5. The van der Waals surface area contributed by atoms with Crippen molar-refractivity contribution in [3.05, 3.63) is 41.8 Å². The van der Waals surface area contributed by atoms with Crippen LogP contribution in [0.25, 0.3) is 0 Å². The fourth-order valence-corrected chi connectivity index (χ4v) is 4.10. The SMILES string of the molecule is Cc1cc(CNc2cccc(S(=O)(=O)N3CCCC3)c2)no1. The Morgan fingerprint density at radius 3 is 2.73 bits per heavy atom. The highest BCUT2D eigenvalue weighted by Crippen LogP contribution is 2.23. The Morgan fingerprint density at radius 1 is 1.27 bits per heavy atom. The second kappa shape index (κ2) is 6.10. The quantitative estimate of drug-likeness (QED) is 0.915. The molecule has 1 fully saturated rings. The van der Waals surface area contributed by atoms with Gasteiger partial charge in [-0.2, -0.15) is 4.31 Å². The predicted molar refractivity (Wildman–Crippen MR) is 83.0 cm³/mol. The molecular formula is C15H19N3O3S. The molecule has 1 aliphatic heterocycles. The van der Waals surface area contributed by atoms with E-state index in [-0.39, 0.29) is 0 Å². The molecule has 0 atom stereocenters. The minimum atomic E-state index is -3.38. The van der Waals surface area contributed by atoms with Gasteiger partial charge in [-0.15, -0.1) is 0 Å². The number of sulfonamides is 1. The molecule has 3 rings (SSSR count). The molecule has 1 aromatic heterocycles. The largest absolute Gasteiger partial charge is 0.379 e. The first-order valence-electron chi connectivity index (χ1n) is 7.32. The topological polar surface area (TPSA) is 75.4 Å². The van der Waals surface area contributed by atoms with E-state index < -0.39 is 10.0 Å². The monoisotopic (exact) mass is 321 g/mol. The highest BCUT2D eigenvalue weighted by molar-refractivity contribution is 7.89. The molecule has 7 heteroatoms. The van der Waals surface area contributed by atoms with Crippen LogP contribution in [0, 0.1) is 6.92 Å². The lowest BCUT2D eigenvalue weighted by atomic mass is 10.3. The Balaban J connectivity index is 1.74. The fourth-order valence-electron chi connectivity index (χ4n) is 2.54. The van der Waals surface area contributed by atoms with Crippen molar-refractivity contribution < 1.29 is 12.9 Å². The van der Waals surface area contributed by atoms with Crippen LogP contribution in [0.4, 0.5) is 5.69 Å². The summed E-state index contributed by atoms with van der Waals surface area (Å²) < 4.78 is 31.6. The average Bonchev–Trinajstić information content (AvgIpc) is 3.17. The zero-order valence-corrected chi connectivity index (χ0v) is 13.3. The van der Waals surface area contributed by atoms with Gasteiger partial charge in [0.05, 0.1) is 11.4 Å². The summed E-state index contributed by atoms with van der Waals surface area (Å²) in [5.41, 5.74) is 1.53. The summed E-state index contributed by atoms with van der Waals surface area (Å²) in [6.45, 7) is 3.54. The summed E-state index contributed by atoms with van der Waals surface area (Å²) in [4.78, 5) is 0.329. The minimum absolute atomic E-state index is 0.329. The van der Waals surface area contributed by atoms with Gasteiger partial charge in [0.25, 0.3) is 0 Å². The molecule has 22 heavy (non-hydrogen) atoms. The highest BCUT2D eigenvalue weighted by atomic mass is 32.2. The summed E-state index contributed by atoms with van der Waals surface area (Å²) in [7, 11) is -3.38. The maximum atomic E-state index is 12.5. The van der Waals surface area contributed by atoms with Gasteiger partial charge in [-0.3, -0.25) is 0 Å². The van der Waals surface area contributed by atoms with Crippen molar-refractivity contribution in [3.8, 4) is 0 Å². The molecule has 2 heterocycles. The first-order chi connectivity index (χ1) is 10.6. The molecule has 1 aromatic carbocycles. The molecule has 0 radical (unpaired) electrons. The third-order valence-electron chi connectivity index (χ3n) is 3.69. The first kappa shape index (κ1) is 15.1. The number of hydrogen-bond donors (Lipinski definition) is 1. The lowest BCUT2D eigenvalue weighted by Gasteiger charge is -2.16. The number of aryl methyl sites for hydroxylation is 1. The standard InChI is InChI=1S/C15H19N3O3S/c1-12-9-14(17-21-12)11-16-13-5-4-6-15(10-13)22(19,20)18-7-2-3-8-18/h4-6,9-10,16H,2-3,7-8,11H2,1H3. The van der Waals surface area contributed by atoms with Gasteiger partial charge in [0.2, 0.25) is 10.0 Å². The van der Waals surface area contributed by atoms with Gasteiger partial charge in [-0.25, -0.2) is 8.42 Å². The molecule has 6 nitrogen and oxygen atoms in total. The van der Waals surface area contributed by atoms with Gasteiger partial charge in [0.1, 0.15) is 11.5 Å². The number of anilines is 1. The molecule has 1 N–H and O–H groups in total. The van der Waals surface area contributed by atoms with Gasteiger partial charge < -0.3 is 9.84 Å². The van der Waals surface area contributed by atoms with Crippen LogP contribution >= 0.6 is 0 Å². The molecule has 118 valence electrons. The van der Waals surface area contributed by atoms with Gasteiger partial charge >= 0.3 is 0 Å². The molecular weight excluding hydrogens is 302 g/mol. The van der Waals surface area contributed by atoms with Crippen LogP contribution in [0.15, 0.2) is 39.8 Å². The Hall–Kier alpha value is -1.86. The summed E-state index contributed by atoms with van der Waals surface area (Å²) in [6.07, 6.45) is 1.87. The average molecular weight is 321 g/mol. The van der Waals surface area contributed by atoms with E-state index in [0.29, 0.717) is 24.5 Å². The Kier molecular flexibility index (Phi) is 4.17. The molecule has 0 unspecified atom stereocenters. The zero-order valence-electron chi connectivity index (χ0n) is 12.4. The van der Waals surface area contributed by atoms with Crippen LogP contribution in [0.3, 0.4) is 0 Å². The number of rotatable bonds is 5. The molecule has 0 spiro atoms. The summed E-state index contributed by atoms with van der Waals surface area (Å²) in [5.74, 6) is 0.752. The fraction of sp³-hybridized carbons (Fsp3) is 0.400. The predicted octanol–water partition coefficient (Wildman–Crippen LogP) is 2.38. The van der Waals surface area contributed by atoms with E-state index in [0.717, 1.165) is 30.0 Å². The molecule has 0 bridgehead atoms. The summed E-state index contributed by atoms with van der Waals surface area (Å²) in [5, 5.41) is 7.07. The van der Waals surface area contributed by atoms with Crippen LogP contribution in [0.2, 0.25) is 0 Å². The lowest BCUT2D eigenvalue weighted by Crippen LogP contribution is -2.27. The van der Waals surface area contributed by atoms with Gasteiger partial charge in [-0.1, -0.05) is 11.2 Å². The van der Waals surface area contributed by atoms with E-state index in [2.05, 4.69) is 10.5 Å². The van der Waals surface area contributed by atoms with E-state index in [1.54, 1.807) is 22.5 Å². The van der Waals surface area contributed by atoms with Crippen molar-refractivity contribution >= 4 is 15.7 Å². The van der Waals surface area contributed by atoms with Crippen LogP contribution < -0.4 is 5.32 Å². The summed E-state index contributed by atoms with van der Waals surface area (Å²) in [6, 6.07) is 8.74. The third kappa shape index (κ3) is 3.15. The Labute approximate surface area is 130 Å². The first-order valence-corrected chi connectivity index (χ1v) is 8.76. The van der Waals surface area contributed by atoms with Gasteiger partial charge in [0.15, 0.2) is 0 Å². The van der Waals surface area contributed by atoms with Gasteiger partial charge in [0, 0.05) is 24.8 Å². The third-order valence-corrected chi connectivity index (χ3v) is 5.58. The van der Waals surface area contributed by atoms with Crippen molar-refractivity contribution in [1.29, 1.82) is 0 Å². The van der Waals surface area contributed by atoms with Crippen molar-refractivity contribution in [3.63, 3.8) is 0 Å².